The Bertz CT molecular complexity index is 460. The highest BCUT2D eigenvalue weighted by molar-refractivity contribution is 5.91. The minimum absolute atomic E-state index is 0.0246. The highest BCUT2D eigenvalue weighted by atomic mass is 16.5. The number of esters is 1. The Labute approximate surface area is 112 Å². The maximum Gasteiger partial charge on any atom is 0.312 e. The van der Waals surface area contributed by atoms with E-state index in [2.05, 4.69) is 6.92 Å². The Balaban J connectivity index is 1.95. The van der Waals surface area contributed by atoms with Crippen LogP contribution in [0, 0.1) is 11.8 Å². The summed E-state index contributed by atoms with van der Waals surface area (Å²) in [6, 6.07) is 0.168. The van der Waals surface area contributed by atoms with Gasteiger partial charge in [-0.05, 0) is 13.3 Å². The highest BCUT2D eigenvalue weighted by Gasteiger charge is 2.67. The molecule has 3 aliphatic rings. The summed E-state index contributed by atoms with van der Waals surface area (Å²) >= 11 is 0. The van der Waals surface area contributed by atoms with Crippen molar-refractivity contribution >= 4 is 11.9 Å². The Morgan fingerprint density at radius 1 is 1.68 bits per heavy atom. The Kier molecular flexibility index (Phi) is 2.71. The van der Waals surface area contributed by atoms with Gasteiger partial charge in [0.1, 0.15) is 11.5 Å². The largest absolute Gasteiger partial charge is 0.469 e. The lowest BCUT2D eigenvalue weighted by molar-refractivity contribution is -0.151. The first-order chi connectivity index (χ1) is 9.04. The predicted octanol–water partition coefficient (Wildman–Crippen LogP) is 0.740. The normalized spacial score (nSPS) is 40.7. The Morgan fingerprint density at radius 3 is 3.05 bits per heavy atom. The Hall–Kier alpha value is -1.36. The second-order valence-electron chi connectivity index (χ2n) is 5.65. The molecule has 1 spiro atoms. The molecule has 0 radical (unpaired) electrons. The van der Waals surface area contributed by atoms with Crippen LogP contribution in [0.15, 0.2) is 12.2 Å². The number of carbonyl (C=O) groups is 2. The minimum Gasteiger partial charge on any atom is -0.469 e. The van der Waals surface area contributed by atoms with Crippen LogP contribution in [0.3, 0.4) is 0 Å². The van der Waals surface area contributed by atoms with Gasteiger partial charge in [-0.1, -0.05) is 19.1 Å². The molecule has 1 amide bonds. The van der Waals surface area contributed by atoms with Gasteiger partial charge >= 0.3 is 5.97 Å². The van der Waals surface area contributed by atoms with Crippen LogP contribution < -0.4 is 0 Å². The lowest BCUT2D eigenvalue weighted by atomic mass is 9.77. The van der Waals surface area contributed by atoms with E-state index in [9.17, 15) is 9.59 Å². The van der Waals surface area contributed by atoms with Gasteiger partial charge in [-0.15, -0.1) is 0 Å². The van der Waals surface area contributed by atoms with E-state index in [1.54, 1.807) is 0 Å². The fraction of sp³-hybridized carbons (Fsp3) is 0.714. The summed E-state index contributed by atoms with van der Waals surface area (Å²) in [6.45, 7) is 4.63. The van der Waals surface area contributed by atoms with Crippen LogP contribution in [-0.4, -0.2) is 48.2 Å². The molecule has 2 fully saturated rings. The standard InChI is InChI=1S/C14H19NO4/c1-4-8(2)15-7-14-6-5-9(19-14)10(13(17)18-3)11(14)12(15)16/h5-6,8-11H,4,7H2,1-3H3/t8-,9+,10-,11-,14+/m1/s1. The molecule has 0 unspecified atom stereocenters. The van der Waals surface area contributed by atoms with E-state index in [4.69, 9.17) is 9.47 Å². The third-order valence-electron chi connectivity index (χ3n) is 4.73. The summed E-state index contributed by atoms with van der Waals surface area (Å²) in [5, 5.41) is 0. The van der Waals surface area contributed by atoms with Gasteiger partial charge in [0.15, 0.2) is 0 Å². The maximum atomic E-state index is 12.6. The van der Waals surface area contributed by atoms with Crippen LogP contribution in [-0.2, 0) is 19.1 Å². The van der Waals surface area contributed by atoms with E-state index in [1.165, 1.54) is 7.11 Å². The molecule has 3 aliphatic heterocycles. The maximum absolute atomic E-state index is 12.6. The Morgan fingerprint density at radius 2 is 2.42 bits per heavy atom. The van der Waals surface area contributed by atoms with E-state index >= 15 is 0 Å². The molecule has 0 N–H and O–H groups in total. The number of hydrogen-bond acceptors (Lipinski definition) is 4. The van der Waals surface area contributed by atoms with Crippen molar-refractivity contribution < 1.29 is 19.1 Å². The predicted molar refractivity (Wildman–Crippen MR) is 67.2 cm³/mol. The third-order valence-corrected chi connectivity index (χ3v) is 4.73. The molecule has 5 heteroatoms. The van der Waals surface area contributed by atoms with E-state index in [0.29, 0.717) is 6.54 Å². The number of hydrogen-bond donors (Lipinski definition) is 0. The van der Waals surface area contributed by atoms with Gasteiger partial charge in [-0.2, -0.15) is 0 Å². The van der Waals surface area contributed by atoms with E-state index < -0.39 is 17.4 Å². The molecule has 104 valence electrons. The van der Waals surface area contributed by atoms with Crippen molar-refractivity contribution in [2.45, 2.75) is 38.0 Å². The zero-order chi connectivity index (χ0) is 13.8. The molecule has 0 aromatic carbocycles. The number of methoxy groups -OCH3 is 1. The van der Waals surface area contributed by atoms with Gasteiger partial charge in [-0.25, -0.2) is 0 Å². The van der Waals surface area contributed by atoms with E-state index in [0.717, 1.165) is 6.42 Å². The molecule has 3 heterocycles. The van der Waals surface area contributed by atoms with Gasteiger partial charge in [0.25, 0.3) is 0 Å². The SMILES string of the molecule is CC[C@@H](C)N1C[C@]23C=C[C@H](O2)[C@@H](C(=O)OC)[C@@H]3C1=O. The van der Waals surface area contributed by atoms with Crippen molar-refractivity contribution in [3.05, 3.63) is 12.2 Å². The zero-order valence-electron chi connectivity index (χ0n) is 11.5. The lowest BCUT2D eigenvalue weighted by Gasteiger charge is -2.26. The van der Waals surface area contributed by atoms with Crippen molar-refractivity contribution in [3.8, 4) is 0 Å². The minimum atomic E-state index is -0.607. The van der Waals surface area contributed by atoms with Gasteiger partial charge in [0.2, 0.25) is 5.91 Å². The van der Waals surface area contributed by atoms with E-state index in [1.807, 2.05) is 24.0 Å². The summed E-state index contributed by atoms with van der Waals surface area (Å²) in [5.74, 6) is -1.22. The van der Waals surface area contributed by atoms with E-state index in [-0.39, 0.29) is 24.0 Å². The van der Waals surface area contributed by atoms with Crippen LogP contribution in [0.25, 0.3) is 0 Å². The molecule has 3 rings (SSSR count). The van der Waals surface area contributed by atoms with Gasteiger partial charge in [0.05, 0.1) is 25.7 Å². The van der Waals surface area contributed by atoms with Gasteiger partial charge in [-0.3, -0.25) is 9.59 Å². The number of amides is 1. The van der Waals surface area contributed by atoms with Crippen LogP contribution in [0.5, 0.6) is 0 Å². The van der Waals surface area contributed by atoms with Crippen molar-refractivity contribution in [1.82, 2.24) is 4.90 Å². The monoisotopic (exact) mass is 265 g/mol. The fourth-order valence-electron chi connectivity index (χ4n) is 3.53. The molecule has 5 nitrogen and oxygen atoms in total. The van der Waals surface area contributed by atoms with Gasteiger partial charge in [0, 0.05) is 6.04 Å². The average Bonchev–Trinajstić information content (AvgIpc) is 3.05. The van der Waals surface area contributed by atoms with Crippen molar-refractivity contribution in [1.29, 1.82) is 0 Å². The third kappa shape index (κ3) is 1.51. The topological polar surface area (TPSA) is 55.8 Å². The van der Waals surface area contributed by atoms with Crippen molar-refractivity contribution in [2.75, 3.05) is 13.7 Å². The van der Waals surface area contributed by atoms with Crippen molar-refractivity contribution in [2.24, 2.45) is 11.8 Å². The van der Waals surface area contributed by atoms with Gasteiger partial charge < -0.3 is 14.4 Å². The summed E-state index contributed by atoms with van der Waals surface area (Å²) in [7, 11) is 1.36. The molecule has 0 aliphatic carbocycles. The number of rotatable bonds is 3. The summed E-state index contributed by atoms with van der Waals surface area (Å²) in [5.41, 5.74) is -0.607. The van der Waals surface area contributed by atoms with Crippen LogP contribution in [0.4, 0.5) is 0 Å². The summed E-state index contributed by atoms with van der Waals surface area (Å²) < 4.78 is 10.8. The molecular formula is C14H19NO4. The number of likely N-dealkylation sites (tertiary alicyclic amines) is 1. The van der Waals surface area contributed by atoms with Crippen LogP contribution >= 0.6 is 0 Å². The molecule has 0 aromatic heterocycles. The fourth-order valence-corrected chi connectivity index (χ4v) is 3.53. The number of ether oxygens (including phenoxy) is 2. The molecule has 19 heavy (non-hydrogen) atoms. The summed E-state index contributed by atoms with van der Waals surface area (Å²) in [4.78, 5) is 26.4. The second kappa shape index (κ2) is 4.07. The highest BCUT2D eigenvalue weighted by Crippen LogP contribution is 2.52. The number of carbonyl (C=O) groups excluding carboxylic acids is 2. The van der Waals surface area contributed by atoms with Crippen LogP contribution in [0.2, 0.25) is 0 Å². The average molecular weight is 265 g/mol. The lowest BCUT2D eigenvalue weighted by Crippen LogP contribution is -2.40. The van der Waals surface area contributed by atoms with Crippen molar-refractivity contribution in [3.63, 3.8) is 0 Å². The molecule has 0 aromatic rings. The second-order valence-corrected chi connectivity index (χ2v) is 5.65. The molecular weight excluding hydrogens is 246 g/mol. The summed E-state index contributed by atoms with van der Waals surface area (Å²) in [6.07, 6.45) is 4.44. The molecule has 2 bridgehead atoms. The molecule has 5 atom stereocenters. The quantitative estimate of drug-likeness (QED) is 0.558. The van der Waals surface area contributed by atoms with Crippen LogP contribution in [0.1, 0.15) is 20.3 Å². The number of fused-ring (bicyclic) bond motifs is 1. The zero-order valence-corrected chi connectivity index (χ0v) is 11.5. The molecule has 2 saturated heterocycles. The first kappa shape index (κ1) is 12.7. The first-order valence-corrected chi connectivity index (χ1v) is 6.79. The molecule has 0 saturated carbocycles. The number of nitrogens with zero attached hydrogens (tertiary/aromatic N) is 1. The smallest absolute Gasteiger partial charge is 0.312 e. The first-order valence-electron chi connectivity index (χ1n) is 6.79.